The Morgan fingerprint density at radius 1 is 1.04 bits per heavy atom. The Morgan fingerprint density at radius 2 is 1.72 bits per heavy atom. The number of nitrogens with one attached hydrogen (secondary N) is 2. The molecule has 5 atom stereocenters. The molecule has 0 bridgehead atoms. The summed E-state index contributed by atoms with van der Waals surface area (Å²) in [5, 5.41) is 14.2. The molecule has 268 valence electrons. The molecule has 50 heavy (non-hydrogen) atoms. The molecule has 3 aromatic rings. The van der Waals surface area contributed by atoms with Crippen molar-refractivity contribution < 1.29 is 47.5 Å². The number of unbranched alkanes of at least 4 members (excludes halogenated alkanes) is 1. The molecule has 3 N–H and O–H groups in total. The molecule has 0 radical (unpaired) electrons. The summed E-state index contributed by atoms with van der Waals surface area (Å²) in [4.78, 5) is 52.3. The van der Waals surface area contributed by atoms with Crippen molar-refractivity contribution >= 4 is 11.9 Å². The highest BCUT2D eigenvalue weighted by atomic mass is 19.1. The number of methoxy groups -OCH3 is 2. The van der Waals surface area contributed by atoms with Gasteiger partial charge in [0.1, 0.15) is 6.04 Å². The number of benzene rings is 2. The van der Waals surface area contributed by atoms with Gasteiger partial charge < -0.3 is 33.5 Å². The highest BCUT2D eigenvalue weighted by Gasteiger charge is 2.53. The fourth-order valence-corrected chi connectivity index (χ4v) is 7.10. The lowest BCUT2D eigenvalue weighted by Gasteiger charge is -2.41. The maximum atomic E-state index is 13.6. The normalized spacial score (nSPS) is 21.0. The molecule has 1 saturated heterocycles. The number of halogens is 1. The second-order valence-corrected chi connectivity index (χ2v) is 13.0. The number of rotatable bonds is 13. The Balaban J connectivity index is 1.28. The Morgan fingerprint density at radius 3 is 2.38 bits per heavy atom. The molecule has 0 amide bonds. The number of aromatic nitrogens is 2. The third kappa shape index (κ3) is 6.73. The molecule has 15 heteroatoms. The molecule has 6 rings (SSSR count). The summed E-state index contributed by atoms with van der Waals surface area (Å²) < 4.78 is 48.4. The maximum absolute atomic E-state index is 13.6. The van der Waals surface area contributed by atoms with Crippen LogP contribution < -0.4 is 35.5 Å². The number of carbonyl (C=O) groups is 2. The molecule has 2 aromatic carbocycles. The van der Waals surface area contributed by atoms with Gasteiger partial charge in [-0.2, -0.15) is 4.39 Å². The number of cyclic esters (lactones) is 1. The van der Waals surface area contributed by atoms with Crippen molar-refractivity contribution in [3.63, 3.8) is 0 Å². The van der Waals surface area contributed by atoms with Crippen molar-refractivity contribution in [2.75, 3.05) is 34.2 Å². The van der Waals surface area contributed by atoms with Crippen molar-refractivity contribution in [3.8, 4) is 28.7 Å². The van der Waals surface area contributed by atoms with Gasteiger partial charge in [-0.25, -0.2) is 4.79 Å². The van der Waals surface area contributed by atoms with Crippen LogP contribution in [-0.2, 0) is 25.6 Å². The minimum atomic E-state index is -1.08. The third-order valence-electron chi connectivity index (χ3n) is 9.43. The van der Waals surface area contributed by atoms with Crippen molar-refractivity contribution in [1.29, 1.82) is 0 Å². The van der Waals surface area contributed by atoms with E-state index in [9.17, 15) is 28.7 Å². The lowest BCUT2D eigenvalue weighted by molar-refractivity contribution is -0.147. The molecular weight excluding hydrogens is 657 g/mol. The largest absolute Gasteiger partial charge is 0.502 e. The molecule has 3 aliphatic rings. The van der Waals surface area contributed by atoms with Crippen LogP contribution in [0.2, 0.25) is 0 Å². The lowest BCUT2D eigenvalue weighted by atomic mass is 9.65. The van der Waals surface area contributed by atoms with E-state index in [1.54, 1.807) is 12.1 Å². The molecule has 0 spiro atoms. The third-order valence-corrected chi connectivity index (χ3v) is 9.43. The number of aromatic amines is 1. The second-order valence-electron chi connectivity index (χ2n) is 13.0. The number of carbonyl (C=O) groups excluding carboxylic acids is 2. The summed E-state index contributed by atoms with van der Waals surface area (Å²) in [7, 11) is 2.86. The van der Waals surface area contributed by atoms with Crippen LogP contribution in [0.25, 0.3) is 0 Å². The smallest absolute Gasteiger partial charge is 0.328 e. The average molecular weight is 698 g/mol. The van der Waals surface area contributed by atoms with E-state index in [4.69, 9.17) is 28.4 Å². The Labute approximate surface area is 286 Å². The molecule has 1 aromatic heterocycles. The monoisotopic (exact) mass is 697 g/mol. The molecule has 0 saturated carbocycles. The Kier molecular flexibility index (Phi) is 10.0. The van der Waals surface area contributed by atoms with Crippen LogP contribution in [0.3, 0.4) is 0 Å². The first-order chi connectivity index (χ1) is 24.0. The molecule has 14 nitrogen and oxygen atoms in total. The first kappa shape index (κ1) is 34.8. The summed E-state index contributed by atoms with van der Waals surface area (Å²) in [6.07, 6.45) is 2.07. The predicted octanol–water partition coefficient (Wildman–Crippen LogP) is 3.13. The highest BCUT2D eigenvalue weighted by Crippen LogP contribution is 2.55. The molecule has 1 fully saturated rings. The van der Waals surface area contributed by atoms with Crippen molar-refractivity contribution in [1.82, 2.24) is 14.9 Å². The van der Waals surface area contributed by atoms with Gasteiger partial charge in [0.15, 0.2) is 23.0 Å². The minimum absolute atomic E-state index is 0.0326. The van der Waals surface area contributed by atoms with E-state index < -0.39 is 58.8 Å². The summed E-state index contributed by atoms with van der Waals surface area (Å²) >= 11 is 0. The number of esters is 2. The number of phenols is 1. The van der Waals surface area contributed by atoms with Gasteiger partial charge in [0.05, 0.1) is 39.5 Å². The van der Waals surface area contributed by atoms with Crippen molar-refractivity contribution in [2.45, 2.75) is 57.7 Å². The van der Waals surface area contributed by atoms with Crippen LogP contribution in [0.1, 0.15) is 61.8 Å². The SMILES string of the molecule is COc1cc([C@@H]2c3cc4c(cc3[C@@H](N[C@@H](CC(C)C)C(=O)OCCCCn3cc(F)c(=O)[nH]c3=O)[C@H]3COC(=O)[C@H]23)OCO4)cc(OC)c1O. The van der Waals surface area contributed by atoms with Gasteiger partial charge in [-0.05, 0) is 66.1 Å². The summed E-state index contributed by atoms with van der Waals surface area (Å²) in [5.74, 6) is -2.20. The molecule has 2 aliphatic heterocycles. The number of H-pyrrole nitrogens is 1. The Bertz CT molecular complexity index is 1870. The summed E-state index contributed by atoms with van der Waals surface area (Å²) in [5.41, 5.74) is 0.417. The zero-order chi connectivity index (χ0) is 35.7. The first-order valence-corrected chi connectivity index (χ1v) is 16.5. The van der Waals surface area contributed by atoms with Gasteiger partial charge in [-0.3, -0.25) is 29.3 Å². The summed E-state index contributed by atoms with van der Waals surface area (Å²) in [6, 6.07) is 5.80. The van der Waals surface area contributed by atoms with Gasteiger partial charge in [-0.1, -0.05) is 13.8 Å². The number of aromatic hydroxyl groups is 1. The average Bonchev–Trinajstić information content (AvgIpc) is 3.71. The van der Waals surface area contributed by atoms with Crippen LogP contribution >= 0.6 is 0 Å². The van der Waals surface area contributed by atoms with Gasteiger partial charge in [0, 0.05) is 24.4 Å². The molecule has 1 aliphatic carbocycles. The van der Waals surface area contributed by atoms with Crippen LogP contribution in [0.15, 0.2) is 40.1 Å². The number of ether oxygens (including phenoxy) is 6. The molecular formula is C35H40FN3O11. The van der Waals surface area contributed by atoms with Gasteiger partial charge in [0.2, 0.25) is 18.4 Å². The number of phenolic OH excluding ortho intramolecular Hbond substituents is 1. The van der Waals surface area contributed by atoms with E-state index in [0.29, 0.717) is 36.3 Å². The zero-order valence-electron chi connectivity index (χ0n) is 28.2. The Hall–Kier alpha value is -5.05. The topological polar surface area (TPSA) is 177 Å². The summed E-state index contributed by atoms with van der Waals surface area (Å²) in [6.45, 7) is 4.29. The number of hydrogen-bond acceptors (Lipinski definition) is 12. The predicted molar refractivity (Wildman–Crippen MR) is 174 cm³/mol. The van der Waals surface area contributed by atoms with Crippen molar-refractivity contribution in [2.24, 2.45) is 17.8 Å². The number of hydrogen-bond donors (Lipinski definition) is 3. The fraction of sp³-hybridized carbons (Fsp3) is 0.486. The molecule has 0 unspecified atom stereocenters. The number of aryl methyl sites for hydroxylation is 1. The fourth-order valence-electron chi connectivity index (χ4n) is 7.10. The number of fused-ring (bicyclic) bond motifs is 3. The van der Waals surface area contributed by atoms with E-state index in [2.05, 4.69) is 5.32 Å². The van der Waals surface area contributed by atoms with E-state index in [1.165, 1.54) is 14.2 Å². The lowest BCUT2D eigenvalue weighted by Crippen LogP contribution is -2.48. The van der Waals surface area contributed by atoms with Crippen LogP contribution in [0.4, 0.5) is 4.39 Å². The van der Waals surface area contributed by atoms with Crippen LogP contribution in [0.5, 0.6) is 28.7 Å². The van der Waals surface area contributed by atoms with Gasteiger partial charge in [0.25, 0.3) is 5.56 Å². The minimum Gasteiger partial charge on any atom is -0.502 e. The zero-order valence-corrected chi connectivity index (χ0v) is 28.2. The van der Waals surface area contributed by atoms with Gasteiger partial charge in [-0.15, -0.1) is 0 Å². The standard InChI is InChI=1S/C35H40FN3O11/c1-17(2)9-23(33(42)47-8-6-5-7-39-14-22(36)32(41)38-35(39)44)37-30-20-13-25-24(49-16-50-25)12-19(20)28(29-21(30)15-48-34(29)43)18-10-26(45-3)31(40)27(11-18)46-4/h10-14,17,21,23,28-30,37,40H,5-9,15-16H2,1-4H3,(H,38,41,44)/t21-,23-,28+,29-,30+/m0/s1. The van der Waals surface area contributed by atoms with E-state index in [-0.39, 0.29) is 49.7 Å². The highest BCUT2D eigenvalue weighted by molar-refractivity contribution is 5.79. The van der Waals surface area contributed by atoms with E-state index in [0.717, 1.165) is 21.9 Å². The second kappa shape index (κ2) is 14.4. The van der Waals surface area contributed by atoms with E-state index in [1.807, 2.05) is 31.0 Å². The van der Waals surface area contributed by atoms with Crippen LogP contribution in [-0.4, -0.2) is 66.9 Å². The van der Waals surface area contributed by atoms with Crippen molar-refractivity contribution in [3.05, 3.63) is 73.8 Å². The van der Waals surface area contributed by atoms with Gasteiger partial charge >= 0.3 is 17.6 Å². The van der Waals surface area contributed by atoms with Crippen LogP contribution in [0, 0.1) is 23.6 Å². The molecule has 3 heterocycles. The number of nitrogens with zero attached hydrogens (tertiary/aromatic N) is 1. The quantitative estimate of drug-likeness (QED) is 0.176. The maximum Gasteiger partial charge on any atom is 0.328 e. The first-order valence-electron chi connectivity index (χ1n) is 16.5. The van der Waals surface area contributed by atoms with E-state index >= 15 is 0 Å².